The zero-order valence-corrected chi connectivity index (χ0v) is 13.5. The Hall–Kier alpha value is -1.92. The molecule has 24 heavy (non-hydrogen) atoms. The Morgan fingerprint density at radius 3 is 1.96 bits per heavy atom. The number of alkyl halides is 3. The van der Waals surface area contributed by atoms with E-state index in [1.165, 1.54) is 0 Å². The second kappa shape index (κ2) is 6.18. The standard InChI is InChI=1S/C17H22F3N3O/c18-17(19,20)15(24)23-11-7-16(8-12-23)5-9-22(10-6-16)14-3-1-13(21)2-4-14/h1-4H,5-12,21H2. The zero-order valence-electron chi connectivity index (χ0n) is 13.5. The molecule has 0 aromatic heterocycles. The van der Waals surface area contributed by atoms with E-state index in [0.29, 0.717) is 12.8 Å². The number of amides is 1. The van der Waals surface area contributed by atoms with E-state index in [4.69, 9.17) is 5.73 Å². The molecule has 1 aromatic rings. The van der Waals surface area contributed by atoms with Crippen LogP contribution in [0.15, 0.2) is 24.3 Å². The summed E-state index contributed by atoms with van der Waals surface area (Å²) in [6, 6.07) is 7.75. The molecule has 0 bridgehead atoms. The number of carbonyl (C=O) groups is 1. The minimum atomic E-state index is -4.76. The number of likely N-dealkylation sites (tertiary alicyclic amines) is 1. The quantitative estimate of drug-likeness (QED) is 0.799. The summed E-state index contributed by atoms with van der Waals surface area (Å²) < 4.78 is 37.6. The average Bonchev–Trinajstić information content (AvgIpc) is 2.56. The molecule has 0 unspecified atom stereocenters. The van der Waals surface area contributed by atoms with Crippen molar-refractivity contribution in [1.29, 1.82) is 0 Å². The number of hydrogen-bond donors (Lipinski definition) is 1. The average molecular weight is 341 g/mol. The lowest BCUT2D eigenvalue weighted by molar-refractivity contribution is -0.187. The minimum absolute atomic E-state index is 0.0761. The van der Waals surface area contributed by atoms with Crippen LogP contribution in [0.2, 0.25) is 0 Å². The highest BCUT2D eigenvalue weighted by Crippen LogP contribution is 2.42. The van der Waals surface area contributed by atoms with E-state index in [-0.39, 0.29) is 18.5 Å². The van der Waals surface area contributed by atoms with Crippen LogP contribution in [-0.2, 0) is 4.79 Å². The van der Waals surface area contributed by atoms with Crippen molar-refractivity contribution in [2.24, 2.45) is 5.41 Å². The number of nitrogen functional groups attached to an aromatic ring is 1. The van der Waals surface area contributed by atoms with Crippen LogP contribution in [-0.4, -0.2) is 43.2 Å². The Balaban J connectivity index is 1.55. The van der Waals surface area contributed by atoms with Gasteiger partial charge in [0.1, 0.15) is 0 Å². The van der Waals surface area contributed by atoms with Crippen molar-refractivity contribution < 1.29 is 18.0 Å². The summed E-state index contributed by atoms with van der Waals surface area (Å²) in [5, 5.41) is 0. The van der Waals surface area contributed by atoms with Gasteiger partial charge in [0.05, 0.1) is 0 Å². The zero-order chi connectivity index (χ0) is 17.4. The number of hydrogen-bond acceptors (Lipinski definition) is 3. The maximum Gasteiger partial charge on any atom is 0.471 e. The second-order valence-corrected chi connectivity index (χ2v) is 6.87. The molecule has 2 aliphatic rings. The number of rotatable bonds is 1. The molecule has 3 rings (SSSR count). The summed E-state index contributed by atoms with van der Waals surface area (Å²) in [6.45, 7) is 2.19. The first-order chi connectivity index (χ1) is 11.3. The third-order valence-corrected chi connectivity index (χ3v) is 5.44. The number of nitrogens with zero attached hydrogens (tertiary/aromatic N) is 2. The van der Waals surface area contributed by atoms with Gasteiger partial charge >= 0.3 is 12.1 Å². The van der Waals surface area contributed by atoms with E-state index in [9.17, 15) is 18.0 Å². The van der Waals surface area contributed by atoms with Crippen LogP contribution in [0.1, 0.15) is 25.7 Å². The van der Waals surface area contributed by atoms with Gasteiger partial charge in [0, 0.05) is 37.6 Å². The van der Waals surface area contributed by atoms with Gasteiger partial charge in [-0.25, -0.2) is 0 Å². The molecule has 0 atom stereocenters. The molecular formula is C17H22F3N3O. The summed E-state index contributed by atoms with van der Waals surface area (Å²) in [6.07, 6.45) is -1.55. The highest BCUT2D eigenvalue weighted by atomic mass is 19.4. The smallest absolute Gasteiger partial charge is 0.399 e. The molecule has 0 radical (unpaired) electrons. The fourth-order valence-electron chi connectivity index (χ4n) is 3.79. The minimum Gasteiger partial charge on any atom is -0.399 e. The molecule has 2 fully saturated rings. The molecule has 2 saturated heterocycles. The lowest BCUT2D eigenvalue weighted by atomic mass is 9.71. The largest absolute Gasteiger partial charge is 0.471 e. The highest BCUT2D eigenvalue weighted by Gasteiger charge is 2.46. The van der Waals surface area contributed by atoms with Gasteiger partial charge in [0.25, 0.3) is 0 Å². The van der Waals surface area contributed by atoms with Gasteiger partial charge in [-0.05, 0) is 55.4 Å². The van der Waals surface area contributed by atoms with Crippen LogP contribution in [0.3, 0.4) is 0 Å². The van der Waals surface area contributed by atoms with Crippen molar-refractivity contribution >= 4 is 17.3 Å². The molecular weight excluding hydrogens is 319 g/mol. The first-order valence-electron chi connectivity index (χ1n) is 8.26. The Labute approximate surface area is 139 Å². The van der Waals surface area contributed by atoms with E-state index in [1.807, 2.05) is 24.3 Å². The molecule has 2 heterocycles. The Morgan fingerprint density at radius 1 is 0.958 bits per heavy atom. The van der Waals surface area contributed by atoms with Crippen LogP contribution >= 0.6 is 0 Å². The van der Waals surface area contributed by atoms with Crippen molar-refractivity contribution in [3.63, 3.8) is 0 Å². The fourth-order valence-corrected chi connectivity index (χ4v) is 3.79. The third-order valence-electron chi connectivity index (χ3n) is 5.44. The first kappa shape index (κ1) is 16.9. The maximum atomic E-state index is 12.5. The molecule has 4 nitrogen and oxygen atoms in total. The Kier molecular flexibility index (Phi) is 4.36. The number of anilines is 2. The van der Waals surface area contributed by atoms with Crippen molar-refractivity contribution in [3.8, 4) is 0 Å². The maximum absolute atomic E-state index is 12.5. The second-order valence-electron chi connectivity index (χ2n) is 6.87. The van der Waals surface area contributed by atoms with Crippen LogP contribution < -0.4 is 10.6 Å². The van der Waals surface area contributed by atoms with Crippen LogP contribution in [0, 0.1) is 5.41 Å². The number of piperidine rings is 2. The molecule has 0 saturated carbocycles. The molecule has 1 spiro atoms. The Bertz CT molecular complexity index is 582. The van der Waals surface area contributed by atoms with Crippen LogP contribution in [0.5, 0.6) is 0 Å². The van der Waals surface area contributed by atoms with Gasteiger partial charge in [-0.1, -0.05) is 0 Å². The number of nitrogens with two attached hydrogens (primary N) is 1. The van der Waals surface area contributed by atoms with E-state index < -0.39 is 12.1 Å². The summed E-state index contributed by atoms with van der Waals surface area (Å²) in [5.74, 6) is -1.70. The van der Waals surface area contributed by atoms with Crippen molar-refractivity contribution in [1.82, 2.24) is 4.90 Å². The monoisotopic (exact) mass is 341 g/mol. The van der Waals surface area contributed by atoms with Crippen LogP contribution in [0.4, 0.5) is 24.5 Å². The van der Waals surface area contributed by atoms with Crippen molar-refractivity contribution in [2.75, 3.05) is 36.8 Å². The summed E-state index contributed by atoms with van der Waals surface area (Å²) >= 11 is 0. The number of carbonyl (C=O) groups excluding carboxylic acids is 1. The lowest BCUT2D eigenvalue weighted by Gasteiger charge is -2.47. The van der Waals surface area contributed by atoms with E-state index >= 15 is 0 Å². The molecule has 2 aliphatic heterocycles. The predicted octanol–water partition coefficient (Wildman–Crippen LogP) is 3.04. The van der Waals surface area contributed by atoms with Gasteiger partial charge in [0.15, 0.2) is 0 Å². The van der Waals surface area contributed by atoms with Crippen molar-refractivity contribution in [2.45, 2.75) is 31.9 Å². The van der Waals surface area contributed by atoms with E-state index in [0.717, 1.165) is 42.2 Å². The summed E-state index contributed by atoms with van der Waals surface area (Å²) in [5.41, 5.74) is 7.64. The normalized spacial score (nSPS) is 21.1. The van der Waals surface area contributed by atoms with Gasteiger partial charge < -0.3 is 15.5 Å². The van der Waals surface area contributed by atoms with Gasteiger partial charge in [-0.15, -0.1) is 0 Å². The molecule has 2 N–H and O–H groups in total. The predicted molar refractivity (Wildman–Crippen MR) is 86.6 cm³/mol. The van der Waals surface area contributed by atoms with Crippen LogP contribution in [0.25, 0.3) is 0 Å². The summed E-state index contributed by atoms with van der Waals surface area (Å²) in [4.78, 5) is 14.6. The number of halogens is 3. The van der Waals surface area contributed by atoms with Gasteiger partial charge in [-0.2, -0.15) is 13.2 Å². The van der Waals surface area contributed by atoms with E-state index in [2.05, 4.69) is 4.90 Å². The lowest BCUT2D eigenvalue weighted by Crippen LogP contribution is -2.51. The van der Waals surface area contributed by atoms with Gasteiger partial charge in [0.2, 0.25) is 0 Å². The topological polar surface area (TPSA) is 49.6 Å². The third kappa shape index (κ3) is 3.44. The van der Waals surface area contributed by atoms with E-state index in [1.54, 1.807) is 0 Å². The number of benzene rings is 1. The Morgan fingerprint density at radius 2 is 1.46 bits per heavy atom. The van der Waals surface area contributed by atoms with Crippen molar-refractivity contribution in [3.05, 3.63) is 24.3 Å². The molecule has 132 valence electrons. The van der Waals surface area contributed by atoms with Gasteiger partial charge in [-0.3, -0.25) is 4.79 Å². The highest BCUT2D eigenvalue weighted by molar-refractivity contribution is 5.81. The summed E-state index contributed by atoms with van der Waals surface area (Å²) in [7, 11) is 0. The first-order valence-corrected chi connectivity index (χ1v) is 8.26. The SMILES string of the molecule is Nc1ccc(N2CCC3(CCN(C(=O)C(F)(F)F)CC3)CC2)cc1. The molecule has 1 aromatic carbocycles. The molecule has 0 aliphatic carbocycles. The fraction of sp³-hybridized carbons (Fsp3) is 0.588. The molecule has 1 amide bonds. The molecule has 7 heteroatoms.